The number of hydrogen-bond acceptors (Lipinski definition) is 5. The fourth-order valence-electron chi connectivity index (χ4n) is 1.90. The second kappa shape index (κ2) is 8.41. The standard InChI is InChI=1S/C16H14ClN3O4S/c1-10-8-12(20(22)23)4-7-14(10)18-16(25)19-15(21)9-24-13-5-2-11(17)3-6-13/h2-8H,9H2,1H3,(H2,18,19,21,25). The van der Waals surface area contributed by atoms with E-state index in [2.05, 4.69) is 10.6 Å². The van der Waals surface area contributed by atoms with Gasteiger partial charge in [0.2, 0.25) is 0 Å². The van der Waals surface area contributed by atoms with Crippen LogP contribution in [0.4, 0.5) is 11.4 Å². The summed E-state index contributed by atoms with van der Waals surface area (Å²) in [5.74, 6) is 0.0663. The van der Waals surface area contributed by atoms with Gasteiger partial charge >= 0.3 is 0 Å². The molecule has 0 spiro atoms. The summed E-state index contributed by atoms with van der Waals surface area (Å²) >= 11 is 10.8. The van der Waals surface area contributed by atoms with E-state index in [0.29, 0.717) is 22.0 Å². The van der Waals surface area contributed by atoms with Crippen molar-refractivity contribution in [3.8, 4) is 5.75 Å². The quantitative estimate of drug-likeness (QED) is 0.469. The van der Waals surface area contributed by atoms with Gasteiger partial charge in [-0.2, -0.15) is 0 Å². The molecule has 0 aliphatic heterocycles. The van der Waals surface area contributed by atoms with E-state index in [1.165, 1.54) is 18.2 Å². The first-order chi connectivity index (χ1) is 11.8. The van der Waals surface area contributed by atoms with Crippen molar-refractivity contribution < 1.29 is 14.5 Å². The van der Waals surface area contributed by atoms with Gasteiger partial charge < -0.3 is 10.1 Å². The minimum absolute atomic E-state index is 0.0191. The van der Waals surface area contributed by atoms with E-state index >= 15 is 0 Å². The van der Waals surface area contributed by atoms with Crippen LogP contribution >= 0.6 is 23.8 Å². The lowest BCUT2D eigenvalue weighted by atomic mass is 10.2. The zero-order valence-corrected chi connectivity index (χ0v) is 14.7. The monoisotopic (exact) mass is 379 g/mol. The fourth-order valence-corrected chi connectivity index (χ4v) is 2.25. The first-order valence-electron chi connectivity index (χ1n) is 7.09. The summed E-state index contributed by atoms with van der Waals surface area (Å²) in [5, 5.41) is 16.6. The van der Waals surface area contributed by atoms with Crippen LogP contribution in [-0.2, 0) is 4.79 Å². The van der Waals surface area contributed by atoms with Gasteiger partial charge in [-0.25, -0.2) is 0 Å². The molecule has 0 aliphatic carbocycles. The summed E-state index contributed by atoms with van der Waals surface area (Å²) in [6.45, 7) is 1.48. The topological polar surface area (TPSA) is 93.5 Å². The number of nitrogens with zero attached hydrogens (tertiary/aromatic N) is 1. The van der Waals surface area contributed by atoms with Crippen molar-refractivity contribution in [3.63, 3.8) is 0 Å². The molecule has 7 nitrogen and oxygen atoms in total. The number of carbonyl (C=O) groups is 1. The zero-order valence-electron chi connectivity index (χ0n) is 13.1. The Bertz CT molecular complexity index is 812. The predicted molar refractivity (Wildman–Crippen MR) is 99.1 cm³/mol. The highest BCUT2D eigenvalue weighted by molar-refractivity contribution is 7.80. The molecule has 0 saturated heterocycles. The van der Waals surface area contributed by atoms with Gasteiger partial charge in [0, 0.05) is 22.8 Å². The molecule has 2 aromatic carbocycles. The first-order valence-corrected chi connectivity index (χ1v) is 7.88. The normalized spacial score (nSPS) is 10.0. The lowest BCUT2D eigenvalue weighted by Gasteiger charge is -2.12. The molecule has 0 saturated carbocycles. The number of anilines is 1. The van der Waals surface area contributed by atoms with Crippen molar-refractivity contribution >= 4 is 46.2 Å². The van der Waals surface area contributed by atoms with Gasteiger partial charge in [0.25, 0.3) is 11.6 Å². The van der Waals surface area contributed by atoms with E-state index in [9.17, 15) is 14.9 Å². The number of thiocarbonyl (C=S) groups is 1. The molecule has 2 rings (SSSR count). The van der Waals surface area contributed by atoms with E-state index in [0.717, 1.165) is 0 Å². The number of halogens is 1. The third-order valence-electron chi connectivity index (χ3n) is 3.11. The SMILES string of the molecule is Cc1cc([N+](=O)[O-])ccc1NC(=S)NC(=O)COc1ccc(Cl)cc1. The third kappa shape index (κ3) is 5.70. The second-order valence-corrected chi connectivity index (χ2v) is 5.85. The lowest BCUT2D eigenvalue weighted by Crippen LogP contribution is -2.37. The number of benzene rings is 2. The zero-order chi connectivity index (χ0) is 18.4. The molecule has 0 aromatic heterocycles. The van der Waals surface area contributed by atoms with Gasteiger partial charge in [0.05, 0.1) is 4.92 Å². The Morgan fingerprint density at radius 2 is 1.96 bits per heavy atom. The highest BCUT2D eigenvalue weighted by Gasteiger charge is 2.10. The van der Waals surface area contributed by atoms with Crippen LogP contribution in [0.5, 0.6) is 5.75 Å². The van der Waals surface area contributed by atoms with E-state index < -0.39 is 10.8 Å². The summed E-state index contributed by atoms with van der Waals surface area (Å²) in [6, 6.07) is 10.9. The smallest absolute Gasteiger partial charge is 0.269 e. The Kier molecular flexibility index (Phi) is 6.26. The molecular formula is C16H14ClN3O4S. The lowest BCUT2D eigenvalue weighted by molar-refractivity contribution is -0.384. The predicted octanol–water partition coefficient (Wildman–Crippen LogP) is 3.45. The summed E-state index contributed by atoms with van der Waals surface area (Å²) in [6.07, 6.45) is 0. The van der Waals surface area contributed by atoms with Crippen molar-refractivity contribution in [2.45, 2.75) is 6.92 Å². The average Bonchev–Trinajstić information content (AvgIpc) is 2.56. The second-order valence-electron chi connectivity index (χ2n) is 5.00. The van der Waals surface area contributed by atoms with Gasteiger partial charge in [-0.05, 0) is 55.0 Å². The van der Waals surface area contributed by atoms with E-state index in [4.69, 9.17) is 28.6 Å². The molecule has 0 fully saturated rings. The molecule has 25 heavy (non-hydrogen) atoms. The summed E-state index contributed by atoms with van der Waals surface area (Å²) in [7, 11) is 0. The van der Waals surface area contributed by atoms with Crippen LogP contribution < -0.4 is 15.4 Å². The van der Waals surface area contributed by atoms with Gasteiger partial charge in [0.1, 0.15) is 5.75 Å². The number of aryl methyl sites for hydroxylation is 1. The molecule has 0 atom stereocenters. The molecule has 0 aliphatic rings. The van der Waals surface area contributed by atoms with E-state index in [-0.39, 0.29) is 17.4 Å². The number of carbonyl (C=O) groups excluding carboxylic acids is 1. The fraction of sp³-hybridized carbons (Fsp3) is 0.125. The van der Waals surface area contributed by atoms with Crippen molar-refractivity contribution in [2.24, 2.45) is 0 Å². The Morgan fingerprint density at radius 1 is 1.28 bits per heavy atom. The molecule has 2 N–H and O–H groups in total. The number of hydrogen-bond donors (Lipinski definition) is 2. The number of non-ortho nitro benzene ring substituents is 1. The number of nitro groups is 1. The first kappa shape index (κ1) is 18.6. The van der Waals surface area contributed by atoms with Gasteiger partial charge in [-0.15, -0.1) is 0 Å². The minimum atomic E-state index is -0.481. The van der Waals surface area contributed by atoms with Crippen molar-refractivity contribution in [2.75, 3.05) is 11.9 Å². The Balaban J connectivity index is 1.86. The Labute approximate surface area is 154 Å². The van der Waals surface area contributed by atoms with Crippen molar-refractivity contribution in [1.29, 1.82) is 0 Å². The van der Waals surface area contributed by atoms with Gasteiger partial charge in [0.15, 0.2) is 11.7 Å². The van der Waals surface area contributed by atoms with Crippen LogP contribution in [0.1, 0.15) is 5.56 Å². The van der Waals surface area contributed by atoms with Gasteiger partial charge in [-0.3, -0.25) is 20.2 Å². The number of amides is 1. The average molecular weight is 380 g/mol. The molecule has 130 valence electrons. The van der Waals surface area contributed by atoms with Crippen LogP contribution in [0.2, 0.25) is 5.02 Å². The maximum atomic E-state index is 11.8. The molecule has 0 radical (unpaired) electrons. The van der Waals surface area contributed by atoms with E-state index in [1.54, 1.807) is 31.2 Å². The molecule has 0 bridgehead atoms. The number of nitrogens with one attached hydrogen (secondary N) is 2. The maximum absolute atomic E-state index is 11.8. The molecule has 0 unspecified atom stereocenters. The Morgan fingerprint density at radius 3 is 2.56 bits per heavy atom. The van der Waals surface area contributed by atoms with E-state index in [1.807, 2.05) is 0 Å². The highest BCUT2D eigenvalue weighted by atomic mass is 35.5. The van der Waals surface area contributed by atoms with Crippen LogP contribution in [0.3, 0.4) is 0 Å². The molecule has 1 amide bonds. The highest BCUT2D eigenvalue weighted by Crippen LogP contribution is 2.21. The van der Waals surface area contributed by atoms with Crippen LogP contribution in [0.25, 0.3) is 0 Å². The van der Waals surface area contributed by atoms with Crippen molar-refractivity contribution in [3.05, 3.63) is 63.2 Å². The number of nitro benzene ring substituents is 1. The number of rotatable bonds is 5. The largest absolute Gasteiger partial charge is 0.484 e. The summed E-state index contributed by atoms with van der Waals surface area (Å²) in [5.41, 5.74) is 1.17. The molecule has 2 aromatic rings. The van der Waals surface area contributed by atoms with Gasteiger partial charge in [-0.1, -0.05) is 11.6 Å². The summed E-state index contributed by atoms with van der Waals surface area (Å²) in [4.78, 5) is 22.1. The Hall–Kier alpha value is -2.71. The third-order valence-corrected chi connectivity index (χ3v) is 3.56. The summed E-state index contributed by atoms with van der Waals surface area (Å²) < 4.78 is 5.31. The van der Waals surface area contributed by atoms with Crippen molar-refractivity contribution in [1.82, 2.24) is 5.32 Å². The molecule has 9 heteroatoms. The van der Waals surface area contributed by atoms with Crippen LogP contribution in [-0.4, -0.2) is 22.5 Å². The number of ether oxygens (including phenoxy) is 1. The molecular weight excluding hydrogens is 366 g/mol. The van der Waals surface area contributed by atoms with Crippen LogP contribution in [0.15, 0.2) is 42.5 Å². The maximum Gasteiger partial charge on any atom is 0.269 e. The van der Waals surface area contributed by atoms with Crippen LogP contribution in [0, 0.1) is 17.0 Å². The molecule has 0 heterocycles. The minimum Gasteiger partial charge on any atom is -0.484 e.